The molecule has 0 aliphatic carbocycles. The molecule has 1 atom stereocenters. The smallest absolute Gasteiger partial charge is 0.348 e. The Morgan fingerprint density at radius 3 is 2.71 bits per heavy atom. The van der Waals surface area contributed by atoms with Crippen LogP contribution >= 0.6 is 12.4 Å². The summed E-state index contributed by atoms with van der Waals surface area (Å²) in [5, 5.41) is 11.0. The van der Waals surface area contributed by atoms with E-state index in [1.54, 1.807) is 0 Å². The van der Waals surface area contributed by atoms with Gasteiger partial charge >= 0.3 is 6.18 Å². The number of hydrogen-bond donors (Lipinski definition) is 3. The van der Waals surface area contributed by atoms with Crippen molar-refractivity contribution in [3.05, 3.63) is 11.6 Å². The minimum absolute atomic E-state index is 0. The van der Waals surface area contributed by atoms with Gasteiger partial charge in [-0.1, -0.05) is 0 Å². The molecule has 0 bridgehead atoms. The second-order valence-electron chi connectivity index (χ2n) is 5.13. The first-order valence-electron chi connectivity index (χ1n) is 6.29. The predicted molar refractivity (Wildman–Crippen MR) is 70.7 cm³/mol. The molecule has 1 amide bonds. The number of carbonyl (C=O) groups is 1. The molecule has 1 aliphatic rings. The second kappa shape index (κ2) is 6.61. The molecule has 0 spiro atoms. The van der Waals surface area contributed by atoms with Gasteiger partial charge in [0.1, 0.15) is 5.82 Å². The monoisotopic (exact) mass is 327 g/mol. The number of hydrogen-bond acceptors (Lipinski definition) is 4. The van der Waals surface area contributed by atoms with Gasteiger partial charge in [0.2, 0.25) is 5.91 Å². The molecule has 2 heterocycles. The van der Waals surface area contributed by atoms with E-state index in [9.17, 15) is 18.0 Å². The van der Waals surface area contributed by atoms with Crippen molar-refractivity contribution in [1.29, 1.82) is 0 Å². The molecule has 0 saturated carbocycles. The van der Waals surface area contributed by atoms with E-state index in [1.807, 2.05) is 6.92 Å². The van der Waals surface area contributed by atoms with Crippen LogP contribution in [-0.2, 0) is 17.5 Å². The molecular weight excluding hydrogens is 311 g/mol. The Morgan fingerprint density at radius 2 is 2.19 bits per heavy atom. The van der Waals surface area contributed by atoms with E-state index in [4.69, 9.17) is 0 Å². The van der Waals surface area contributed by atoms with E-state index < -0.39 is 17.4 Å². The molecule has 0 aromatic carbocycles. The molecule has 1 unspecified atom stereocenters. The second-order valence-corrected chi connectivity index (χ2v) is 5.13. The zero-order chi connectivity index (χ0) is 14.8. The third-order valence-electron chi connectivity index (χ3n) is 3.35. The fourth-order valence-electron chi connectivity index (χ4n) is 2.13. The van der Waals surface area contributed by atoms with Gasteiger partial charge in [-0.3, -0.25) is 9.89 Å². The predicted octanol–water partition coefficient (Wildman–Crippen LogP) is 1.25. The maximum atomic E-state index is 12.3. The topological polar surface area (TPSA) is 82.7 Å². The minimum atomic E-state index is -4.59. The summed E-state index contributed by atoms with van der Waals surface area (Å²) in [5.74, 6) is -1.44. The molecular formula is C11H17ClF3N5O. The number of nitrogens with zero attached hydrogens (tertiary/aromatic N) is 2. The number of rotatable bonds is 3. The van der Waals surface area contributed by atoms with Gasteiger partial charge in [0, 0.05) is 6.54 Å². The number of nitrogens with one attached hydrogen (secondary N) is 3. The summed E-state index contributed by atoms with van der Waals surface area (Å²) in [6.07, 6.45) is -2.95. The maximum Gasteiger partial charge on any atom is 0.453 e. The van der Waals surface area contributed by atoms with Crippen molar-refractivity contribution in [3.63, 3.8) is 0 Å². The summed E-state index contributed by atoms with van der Waals surface area (Å²) >= 11 is 0. The van der Waals surface area contributed by atoms with E-state index in [0.717, 1.165) is 19.4 Å². The van der Waals surface area contributed by atoms with Gasteiger partial charge in [-0.05, 0) is 26.3 Å². The normalized spacial score (nSPS) is 22.5. The third kappa shape index (κ3) is 4.31. The summed E-state index contributed by atoms with van der Waals surface area (Å²) < 4.78 is 36.9. The Labute approximate surface area is 125 Å². The van der Waals surface area contributed by atoms with Crippen LogP contribution < -0.4 is 10.6 Å². The van der Waals surface area contributed by atoms with Gasteiger partial charge in [0.25, 0.3) is 5.82 Å². The van der Waals surface area contributed by atoms with Crippen molar-refractivity contribution in [2.75, 3.05) is 13.1 Å². The first-order valence-corrected chi connectivity index (χ1v) is 6.29. The van der Waals surface area contributed by atoms with Gasteiger partial charge < -0.3 is 10.6 Å². The molecule has 21 heavy (non-hydrogen) atoms. The molecule has 1 saturated heterocycles. The molecule has 10 heteroatoms. The average molecular weight is 328 g/mol. The largest absolute Gasteiger partial charge is 0.453 e. The first-order chi connectivity index (χ1) is 9.31. The van der Waals surface area contributed by atoms with Gasteiger partial charge in [-0.15, -0.1) is 17.5 Å². The third-order valence-corrected chi connectivity index (χ3v) is 3.35. The molecule has 1 aromatic rings. The summed E-state index contributed by atoms with van der Waals surface area (Å²) in [7, 11) is 0. The summed E-state index contributed by atoms with van der Waals surface area (Å²) in [4.78, 5) is 15.4. The Hall–Kier alpha value is -1.35. The van der Waals surface area contributed by atoms with E-state index >= 15 is 0 Å². The summed E-state index contributed by atoms with van der Waals surface area (Å²) in [6.45, 7) is 3.16. The lowest BCUT2D eigenvalue weighted by Crippen LogP contribution is -2.48. The van der Waals surface area contributed by atoms with E-state index in [-0.39, 0.29) is 30.7 Å². The zero-order valence-electron chi connectivity index (χ0n) is 11.4. The molecule has 3 N–H and O–H groups in total. The number of aromatic nitrogens is 3. The van der Waals surface area contributed by atoms with Crippen LogP contribution in [0.25, 0.3) is 0 Å². The molecule has 2 rings (SSSR count). The molecule has 6 nitrogen and oxygen atoms in total. The van der Waals surface area contributed by atoms with Crippen molar-refractivity contribution < 1.29 is 18.0 Å². The number of amides is 1. The fourth-order valence-corrected chi connectivity index (χ4v) is 2.13. The van der Waals surface area contributed by atoms with Gasteiger partial charge in [-0.2, -0.15) is 13.2 Å². The summed E-state index contributed by atoms with van der Waals surface area (Å²) in [5.41, 5.74) is -0.537. The van der Waals surface area contributed by atoms with Crippen molar-refractivity contribution in [3.8, 4) is 0 Å². The number of piperidine rings is 1. The Balaban J connectivity index is 0.00000220. The van der Waals surface area contributed by atoms with Crippen molar-refractivity contribution >= 4 is 18.3 Å². The quantitative estimate of drug-likeness (QED) is 0.780. The van der Waals surface area contributed by atoms with Crippen LogP contribution in [0.4, 0.5) is 13.2 Å². The highest BCUT2D eigenvalue weighted by molar-refractivity contribution is 5.85. The highest BCUT2D eigenvalue weighted by Gasteiger charge is 2.37. The maximum absolute atomic E-state index is 12.3. The van der Waals surface area contributed by atoms with Crippen LogP contribution in [0.15, 0.2) is 0 Å². The Bertz CT molecular complexity index is 484. The van der Waals surface area contributed by atoms with Crippen LogP contribution in [-0.4, -0.2) is 34.2 Å². The highest BCUT2D eigenvalue weighted by Crippen LogP contribution is 2.26. The van der Waals surface area contributed by atoms with Crippen LogP contribution in [0.3, 0.4) is 0 Å². The lowest BCUT2D eigenvalue weighted by atomic mass is 9.82. The lowest BCUT2D eigenvalue weighted by Gasteiger charge is -2.32. The van der Waals surface area contributed by atoms with Crippen LogP contribution in [0.1, 0.15) is 31.4 Å². The van der Waals surface area contributed by atoms with Gasteiger partial charge in [-0.25, -0.2) is 4.98 Å². The number of aromatic amines is 1. The number of halogens is 4. The SMILES string of the molecule is CC1(C(=O)NCc2nc(C(F)(F)F)n[nH]2)CCCNC1.Cl. The van der Waals surface area contributed by atoms with Gasteiger partial charge in [0.05, 0.1) is 12.0 Å². The van der Waals surface area contributed by atoms with E-state index in [1.165, 1.54) is 0 Å². The fraction of sp³-hybridized carbons (Fsp3) is 0.727. The minimum Gasteiger partial charge on any atom is -0.348 e. The zero-order valence-corrected chi connectivity index (χ0v) is 12.2. The number of H-pyrrole nitrogens is 1. The van der Waals surface area contributed by atoms with Crippen LogP contribution in [0.5, 0.6) is 0 Å². The summed E-state index contributed by atoms with van der Waals surface area (Å²) in [6, 6.07) is 0. The molecule has 0 radical (unpaired) electrons. The van der Waals surface area contributed by atoms with Gasteiger partial charge in [0.15, 0.2) is 0 Å². The molecule has 1 aromatic heterocycles. The van der Waals surface area contributed by atoms with Crippen molar-refractivity contribution in [2.45, 2.75) is 32.5 Å². The Morgan fingerprint density at radius 1 is 1.48 bits per heavy atom. The van der Waals surface area contributed by atoms with E-state index in [0.29, 0.717) is 6.54 Å². The van der Waals surface area contributed by atoms with Crippen LogP contribution in [0, 0.1) is 5.41 Å². The molecule has 120 valence electrons. The van der Waals surface area contributed by atoms with Crippen LogP contribution in [0.2, 0.25) is 0 Å². The standard InChI is InChI=1S/C11H16F3N5O.ClH/c1-10(3-2-4-15-6-10)9(20)16-5-7-17-8(19-18-7)11(12,13)14;/h15H,2-6H2,1H3,(H,16,20)(H,17,18,19);1H. The highest BCUT2D eigenvalue weighted by atomic mass is 35.5. The molecule has 1 aliphatic heterocycles. The number of alkyl halides is 3. The lowest BCUT2D eigenvalue weighted by molar-refractivity contribution is -0.144. The first kappa shape index (κ1) is 17.7. The van der Waals surface area contributed by atoms with Crippen molar-refractivity contribution in [2.24, 2.45) is 5.41 Å². The average Bonchev–Trinajstić information content (AvgIpc) is 2.85. The number of carbonyl (C=O) groups excluding carboxylic acids is 1. The van der Waals surface area contributed by atoms with E-state index in [2.05, 4.69) is 25.8 Å². The van der Waals surface area contributed by atoms with Crippen molar-refractivity contribution in [1.82, 2.24) is 25.8 Å². The molecule has 1 fully saturated rings. The Kier molecular flexibility index (Phi) is 5.57.